The van der Waals surface area contributed by atoms with Crippen LogP contribution in [0.4, 0.5) is 4.39 Å². The van der Waals surface area contributed by atoms with E-state index in [0.29, 0.717) is 27.5 Å². The van der Waals surface area contributed by atoms with E-state index in [1.54, 1.807) is 23.9 Å². The lowest BCUT2D eigenvalue weighted by molar-refractivity contribution is 0.628. The van der Waals surface area contributed by atoms with Crippen molar-refractivity contribution < 1.29 is 4.39 Å². The second-order valence-corrected chi connectivity index (χ2v) is 8.15. The summed E-state index contributed by atoms with van der Waals surface area (Å²) in [6, 6.07) is 14.1. The summed E-state index contributed by atoms with van der Waals surface area (Å²) < 4.78 is 14.5. The average molecular weight is 432 g/mol. The van der Waals surface area contributed by atoms with Crippen molar-refractivity contribution in [2.75, 3.05) is 12.1 Å². The number of nitrogen functional groups attached to an aromatic ring is 1. The lowest BCUT2D eigenvalue weighted by atomic mass is 10.2. The van der Waals surface area contributed by atoms with Gasteiger partial charge in [-0.1, -0.05) is 29.4 Å². The molecule has 2 heterocycles. The zero-order chi connectivity index (χ0) is 19.7. The van der Waals surface area contributed by atoms with Gasteiger partial charge >= 0.3 is 0 Å². The molecule has 5 nitrogen and oxygen atoms in total. The van der Waals surface area contributed by atoms with Crippen LogP contribution in [0, 0.1) is 5.82 Å². The molecule has 2 aromatic heterocycles. The van der Waals surface area contributed by atoms with Crippen LogP contribution in [0.1, 0.15) is 5.56 Å². The van der Waals surface area contributed by atoms with Gasteiger partial charge in [0.1, 0.15) is 11.0 Å². The third kappa shape index (κ3) is 3.80. The van der Waals surface area contributed by atoms with Crippen LogP contribution in [0.25, 0.3) is 22.3 Å². The largest absolute Gasteiger partial charge is 0.335 e. The van der Waals surface area contributed by atoms with Gasteiger partial charge in [0.15, 0.2) is 5.82 Å². The number of aromatic nitrogens is 4. The summed E-state index contributed by atoms with van der Waals surface area (Å²) in [5.41, 5.74) is 2.45. The molecule has 4 rings (SSSR count). The SMILES string of the molecule is CSc1ccc2cc(CSc3nnc(-c4ccc(F)cc4)n3N)c(Cl)nc2c1. The quantitative estimate of drug-likeness (QED) is 0.272. The highest BCUT2D eigenvalue weighted by atomic mass is 35.5. The van der Waals surface area contributed by atoms with Crippen molar-refractivity contribution in [1.29, 1.82) is 0 Å². The molecular formula is C19H15ClFN5S2. The molecule has 2 aromatic carbocycles. The second kappa shape index (κ2) is 7.98. The fourth-order valence-electron chi connectivity index (χ4n) is 2.71. The third-order valence-corrected chi connectivity index (χ3v) is 6.22. The first-order valence-electron chi connectivity index (χ1n) is 8.27. The minimum atomic E-state index is -0.315. The Morgan fingerprint density at radius 2 is 1.89 bits per heavy atom. The number of rotatable bonds is 5. The van der Waals surface area contributed by atoms with Gasteiger partial charge in [0, 0.05) is 27.2 Å². The highest BCUT2D eigenvalue weighted by Crippen LogP contribution is 2.30. The van der Waals surface area contributed by atoms with Crippen LogP contribution >= 0.6 is 35.1 Å². The lowest BCUT2D eigenvalue weighted by Gasteiger charge is -2.07. The molecule has 0 atom stereocenters. The van der Waals surface area contributed by atoms with E-state index in [1.165, 1.54) is 28.6 Å². The molecule has 2 N–H and O–H groups in total. The first-order valence-corrected chi connectivity index (χ1v) is 10.9. The van der Waals surface area contributed by atoms with Crippen LogP contribution in [0.3, 0.4) is 0 Å². The van der Waals surface area contributed by atoms with Gasteiger partial charge < -0.3 is 5.84 Å². The number of fused-ring (bicyclic) bond motifs is 1. The van der Waals surface area contributed by atoms with E-state index in [2.05, 4.69) is 21.2 Å². The lowest BCUT2D eigenvalue weighted by Crippen LogP contribution is -2.11. The summed E-state index contributed by atoms with van der Waals surface area (Å²) >= 11 is 9.45. The van der Waals surface area contributed by atoms with Gasteiger partial charge in [0.2, 0.25) is 5.16 Å². The molecule has 0 spiro atoms. The maximum absolute atomic E-state index is 13.1. The van der Waals surface area contributed by atoms with Crippen molar-refractivity contribution in [1.82, 2.24) is 19.9 Å². The van der Waals surface area contributed by atoms with E-state index in [0.717, 1.165) is 21.4 Å². The van der Waals surface area contributed by atoms with Gasteiger partial charge in [0.05, 0.1) is 5.52 Å². The van der Waals surface area contributed by atoms with Crippen LogP contribution in [-0.2, 0) is 5.75 Å². The highest BCUT2D eigenvalue weighted by Gasteiger charge is 2.14. The monoisotopic (exact) mass is 431 g/mol. The van der Waals surface area contributed by atoms with Crippen molar-refractivity contribution in [2.24, 2.45) is 0 Å². The second-order valence-electron chi connectivity index (χ2n) is 5.97. The van der Waals surface area contributed by atoms with E-state index in [9.17, 15) is 4.39 Å². The molecule has 0 radical (unpaired) electrons. The fourth-order valence-corrected chi connectivity index (χ4v) is 4.26. The van der Waals surface area contributed by atoms with Crippen LogP contribution in [-0.4, -0.2) is 26.1 Å². The molecule has 0 aliphatic heterocycles. The van der Waals surface area contributed by atoms with E-state index in [-0.39, 0.29) is 5.82 Å². The minimum Gasteiger partial charge on any atom is -0.335 e. The normalized spacial score (nSPS) is 11.2. The van der Waals surface area contributed by atoms with E-state index in [1.807, 2.05) is 24.5 Å². The predicted octanol–water partition coefficient (Wildman–Crippen LogP) is 5.01. The topological polar surface area (TPSA) is 69.6 Å². The molecule has 0 aliphatic rings. The smallest absolute Gasteiger partial charge is 0.210 e. The van der Waals surface area contributed by atoms with E-state index in [4.69, 9.17) is 17.4 Å². The van der Waals surface area contributed by atoms with Gasteiger partial charge in [-0.25, -0.2) is 14.1 Å². The van der Waals surface area contributed by atoms with Crippen LogP contribution in [0.5, 0.6) is 0 Å². The molecule has 4 aromatic rings. The molecule has 0 saturated heterocycles. The van der Waals surface area contributed by atoms with Crippen molar-refractivity contribution in [3.63, 3.8) is 0 Å². The van der Waals surface area contributed by atoms with E-state index >= 15 is 0 Å². The Kier molecular flexibility index (Phi) is 5.43. The zero-order valence-corrected chi connectivity index (χ0v) is 17.2. The molecule has 9 heteroatoms. The maximum Gasteiger partial charge on any atom is 0.210 e. The Labute approximate surface area is 174 Å². The molecule has 142 valence electrons. The molecule has 28 heavy (non-hydrogen) atoms. The molecule has 0 aliphatic carbocycles. The van der Waals surface area contributed by atoms with Gasteiger partial charge in [-0.2, -0.15) is 0 Å². The number of hydrogen-bond acceptors (Lipinski definition) is 6. The summed E-state index contributed by atoms with van der Waals surface area (Å²) in [5.74, 6) is 6.82. The molecule has 0 unspecified atom stereocenters. The van der Waals surface area contributed by atoms with Crippen LogP contribution < -0.4 is 5.84 Å². The molecular weight excluding hydrogens is 417 g/mol. The number of nitrogens with two attached hydrogens (primary N) is 1. The highest BCUT2D eigenvalue weighted by molar-refractivity contribution is 7.98. The predicted molar refractivity (Wildman–Crippen MR) is 114 cm³/mol. The Bertz CT molecular complexity index is 1150. The summed E-state index contributed by atoms with van der Waals surface area (Å²) in [4.78, 5) is 5.65. The third-order valence-electron chi connectivity index (χ3n) is 4.17. The summed E-state index contributed by atoms with van der Waals surface area (Å²) in [6.07, 6.45) is 2.02. The van der Waals surface area contributed by atoms with Gasteiger partial charge in [0.25, 0.3) is 0 Å². The maximum atomic E-state index is 13.1. The summed E-state index contributed by atoms with van der Waals surface area (Å²) in [5, 5.41) is 10.3. The van der Waals surface area contributed by atoms with Crippen molar-refractivity contribution in [2.45, 2.75) is 15.8 Å². The Balaban J connectivity index is 1.56. The standard InChI is InChI=1S/C19H15ClFN5S2/c1-27-15-7-4-12-8-13(17(20)23-16(12)9-15)10-28-19-25-24-18(26(19)22)11-2-5-14(21)6-3-11/h2-9H,10,22H2,1H3. The fraction of sp³-hybridized carbons (Fsp3) is 0.105. The van der Waals surface area contributed by atoms with Gasteiger partial charge in [-0.05, 0) is 48.7 Å². The Morgan fingerprint density at radius 1 is 1.11 bits per heavy atom. The summed E-state index contributed by atoms with van der Waals surface area (Å²) in [7, 11) is 0. The van der Waals surface area contributed by atoms with Gasteiger partial charge in [-0.3, -0.25) is 0 Å². The molecule has 0 bridgehead atoms. The van der Waals surface area contributed by atoms with Crippen LogP contribution in [0.15, 0.2) is 58.6 Å². The Morgan fingerprint density at radius 3 is 2.64 bits per heavy atom. The number of benzene rings is 2. The first-order chi connectivity index (χ1) is 13.5. The number of halogens is 2. The van der Waals surface area contributed by atoms with Crippen molar-refractivity contribution in [3.05, 3.63) is 65.1 Å². The molecule has 0 fully saturated rings. The number of pyridine rings is 1. The summed E-state index contributed by atoms with van der Waals surface area (Å²) in [6.45, 7) is 0. The molecule has 0 saturated carbocycles. The average Bonchev–Trinajstić information content (AvgIpc) is 3.07. The Hall–Kier alpha value is -2.29. The zero-order valence-electron chi connectivity index (χ0n) is 14.8. The molecule has 0 amide bonds. The van der Waals surface area contributed by atoms with Crippen molar-refractivity contribution in [3.8, 4) is 11.4 Å². The van der Waals surface area contributed by atoms with Crippen molar-refractivity contribution >= 4 is 46.0 Å². The van der Waals surface area contributed by atoms with Crippen LogP contribution in [0.2, 0.25) is 5.15 Å². The first kappa shape index (κ1) is 19.0. The van der Waals surface area contributed by atoms with E-state index < -0.39 is 0 Å². The number of hydrogen-bond donors (Lipinski definition) is 1. The van der Waals surface area contributed by atoms with Gasteiger partial charge in [-0.15, -0.1) is 22.0 Å². The number of nitrogens with zero attached hydrogens (tertiary/aromatic N) is 4. The minimum absolute atomic E-state index is 0.315. The number of thioether (sulfide) groups is 2.